The summed E-state index contributed by atoms with van der Waals surface area (Å²) in [5.74, 6) is 0.736. The van der Waals surface area contributed by atoms with Crippen molar-refractivity contribution in [2.24, 2.45) is 0 Å². The largest absolute Gasteiger partial charge is 0.482 e. The highest BCUT2D eigenvalue weighted by Crippen LogP contribution is 2.32. The van der Waals surface area contributed by atoms with E-state index in [0.29, 0.717) is 16.5 Å². The van der Waals surface area contributed by atoms with Crippen molar-refractivity contribution >= 4 is 17.6 Å². The van der Waals surface area contributed by atoms with Gasteiger partial charge in [-0.05, 0) is 49.1 Å². The van der Waals surface area contributed by atoms with Crippen LogP contribution in [0.25, 0.3) is 0 Å². The number of esters is 1. The van der Waals surface area contributed by atoms with Crippen LogP contribution in [-0.4, -0.2) is 12.6 Å². The van der Waals surface area contributed by atoms with Crippen LogP contribution in [0, 0.1) is 13.8 Å². The minimum atomic E-state index is -0.433. The average Bonchev–Trinajstić information content (AvgIpc) is 2.49. The Kier molecular flexibility index (Phi) is 5.55. The highest BCUT2D eigenvalue weighted by Gasteiger charge is 2.21. The molecule has 0 aliphatic carbocycles. The maximum Gasteiger partial charge on any atom is 0.349 e. The van der Waals surface area contributed by atoms with Crippen LogP contribution in [0.2, 0.25) is 5.02 Å². The van der Waals surface area contributed by atoms with Gasteiger partial charge in [0.25, 0.3) is 0 Å². The minimum Gasteiger partial charge on any atom is -0.482 e. The van der Waals surface area contributed by atoms with Crippen molar-refractivity contribution in [1.29, 1.82) is 0 Å². The molecule has 0 aliphatic rings. The maximum absolute atomic E-state index is 12.1. The molecule has 0 heterocycles. The van der Waals surface area contributed by atoms with E-state index < -0.39 is 5.97 Å². The van der Waals surface area contributed by atoms with Crippen LogP contribution >= 0.6 is 11.6 Å². The van der Waals surface area contributed by atoms with E-state index >= 15 is 0 Å². The summed E-state index contributed by atoms with van der Waals surface area (Å²) >= 11 is 5.98. The summed E-state index contributed by atoms with van der Waals surface area (Å²) in [5, 5.41) is 0.666. The van der Waals surface area contributed by atoms with Crippen LogP contribution in [0.5, 0.6) is 11.5 Å². The van der Waals surface area contributed by atoms with Crippen LogP contribution in [0.1, 0.15) is 37.5 Å². The smallest absolute Gasteiger partial charge is 0.349 e. The van der Waals surface area contributed by atoms with Crippen molar-refractivity contribution in [1.82, 2.24) is 0 Å². The molecule has 3 nitrogen and oxygen atoms in total. The first-order valence-electron chi connectivity index (χ1n) is 7.87. The van der Waals surface area contributed by atoms with Gasteiger partial charge < -0.3 is 9.47 Å². The third-order valence-corrected chi connectivity index (χ3v) is 4.08. The Morgan fingerprint density at radius 3 is 2.42 bits per heavy atom. The van der Waals surface area contributed by atoms with Gasteiger partial charge >= 0.3 is 5.97 Å². The Morgan fingerprint density at radius 1 is 1.08 bits per heavy atom. The van der Waals surface area contributed by atoms with Crippen molar-refractivity contribution in [2.75, 3.05) is 6.61 Å². The monoisotopic (exact) mass is 346 g/mol. The van der Waals surface area contributed by atoms with Gasteiger partial charge in [0, 0.05) is 10.6 Å². The van der Waals surface area contributed by atoms with Crippen molar-refractivity contribution < 1.29 is 14.3 Å². The van der Waals surface area contributed by atoms with E-state index in [1.165, 1.54) is 0 Å². The second-order valence-corrected chi connectivity index (χ2v) is 7.33. The molecular formula is C20H23ClO3. The van der Waals surface area contributed by atoms with E-state index in [0.717, 1.165) is 16.7 Å². The molecule has 0 saturated heterocycles. The fourth-order valence-electron chi connectivity index (χ4n) is 2.32. The number of hydrogen-bond acceptors (Lipinski definition) is 3. The lowest BCUT2D eigenvalue weighted by molar-refractivity contribution is -0.136. The topological polar surface area (TPSA) is 35.5 Å². The number of hydrogen-bond donors (Lipinski definition) is 0. The van der Waals surface area contributed by atoms with Crippen molar-refractivity contribution in [2.45, 2.75) is 40.0 Å². The molecule has 0 bridgehead atoms. The number of aryl methyl sites for hydroxylation is 2. The molecule has 0 unspecified atom stereocenters. The molecule has 0 atom stereocenters. The van der Waals surface area contributed by atoms with Gasteiger partial charge in [-0.1, -0.05) is 50.1 Å². The number of benzene rings is 2. The Hall–Kier alpha value is -2.00. The third-order valence-electron chi connectivity index (χ3n) is 3.65. The first-order chi connectivity index (χ1) is 11.2. The Labute approximate surface area is 148 Å². The molecule has 0 aromatic heterocycles. The van der Waals surface area contributed by atoms with Gasteiger partial charge in [-0.2, -0.15) is 0 Å². The van der Waals surface area contributed by atoms with Crippen molar-refractivity contribution in [3.63, 3.8) is 0 Å². The Bertz CT molecular complexity index is 745. The van der Waals surface area contributed by atoms with Gasteiger partial charge in [0.1, 0.15) is 11.5 Å². The molecule has 0 saturated carbocycles. The lowest BCUT2D eigenvalue weighted by atomic mass is 9.85. The molecule has 24 heavy (non-hydrogen) atoms. The van der Waals surface area contributed by atoms with E-state index in [1.54, 1.807) is 18.2 Å². The zero-order chi connectivity index (χ0) is 17.9. The third kappa shape index (κ3) is 4.75. The van der Waals surface area contributed by atoms with Crippen LogP contribution in [0.15, 0.2) is 36.4 Å². The van der Waals surface area contributed by atoms with Gasteiger partial charge in [0.15, 0.2) is 6.61 Å². The summed E-state index contributed by atoms with van der Waals surface area (Å²) in [4.78, 5) is 12.1. The van der Waals surface area contributed by atoms with Gasteiger partial charge in [-0.3, -0.25) is 0 Å². The van der Waals surface area contributed by atoms with Crippen molar-refractivity contribution in [3.05, 3.63) is 58.1 Å². The summed E-state index contributed by atoms with van der Waals surface area (Å²) in [6.45, 7) is 10.0. The summed E-state index contributed by atoms with van der Waals surface area (Å²) in [6.07, 6.45) is 0. The van der Waals surface area contributed by atoms with E-state index in [1.807, 2.05) is 32.0 Å². The van der Waals surface area contributed by atoms with E-state index in [-0.39, 0.29) is 12.0 Å². The molecule has 2 rings (SSSR count). The van der Waals surface area contributed by atoms with E-state index in [4.69, 9.17) is 21.1 Å². The molecule has 0 radical (unpaired) electrons. The molecule has 0 spiro atoms. The Morgan fingerprint density at radius 2 is 1.79 bits per heavy atom. The Balaban J connectivity index is 2.06. The second kappa shape index (κ2) is 7.27. The lowest BCUT2D eigenvalue weighted by Crippen LogP contribution is -2.21. The first-order valence-corrected chi connectivity index (χ1v) is 8.25. The number of halogens is 1. The van der Waals surface area contributed by atoms with Gasteiger partial charge in [-0.25, -0.2) is 4.79 Å². The highest BCUT2D eigenvalue weighted by molar-refractivity contribution is 6.31. The van der Waals surface area contributed by atoms with Crippen LogP contribution in [0.4, 0.5) is 0 Å². The number of carbonyl (C=O) groups is 1. The molecule has 2 aromatic rings. The molecular weight excluding hydrogens is 324 g/mol. The number of rotatable bonds is 4. The molecule has 4 heteroatoms. The molecule has 0 aliphatic heterocycles. The zero-order valence-electron chi connectivity index (χ0n) is 14.8. The summed E-state index contributed by atoms with van der Waals surface area (Å²) in [6, 6.07) is 11.1. The quantitative estimate of drug-likeness (QED) is 0.561. The SMILES string of the molecule is Cc1ccc(OC(=O)COc2ccc(Cl)c(C)c2)c(C(C)(C)C)c1. The number of ether oxygens (including phenoxy) is 2. The predicted molar refractivity (Wildman–Crippen MR) is 97.2 cm³/mol. The maximum atomic E-state index is 12.1. The first kappa shape index (κ1) is 18.3. The zero-order valence-corrected chi connectivity index (χ0v) is 15.5. The molecule has 2 aromatic carbocycles. The average molecular weight is 347 g/mol. The van der Waals surface area contributed by atoms with Gasteiger partial charge in [0.2, 0.25) is 0 Å². The van der Waals surface area contributed by atoms with Crippen molar-refractivity contribution in [3.8, 4) is 11.5 Å². The lowest BCUT2D eigenvalue weighted by Gasteiger charge is -2.22. The van der Waals surface area contributed by atoms with E-state index in [2.05, 4.69) is 20.8 Å². The molecule has 0 amide bonds. The van der Waals surface area contributed by atoms with Gasteiger partial charge in [0.05, 0.1) is 0 Å². The summed E-state index contributed by atoms with van der Waals surface area (Å²) in [7, 11) is 0. The fraction of sp³-hybridized carbons (Fsp3) is 0.350. The van der Waals surface area contributed by atoms with Crippen LogP contribution in [0.3, 0.4) is 0 Å². The predicted octanol–water partition coefficient (Wildman–Crippen LogP) is 5.24. The standard InChI is InChI=1S/C20H23ClO3/c1-13-6-9-18(16(10-13)20(3,4)5)24-19(22)12-23-15-7-8-17(21)14(2)11-15/h6-11H,12H2,1-5H3. The highest BCUT2D eigenvalue weighted by atomic mass is 35.5. The van der Waals surface area contributed by atoms with E-state index in [9.17, 15) is 4.79 Å². The second-order valence-electron chi connectivity index (χ2n) is 6.92. The fourth-order valence-corrected chi connectivity index (χ4v) is 2.44. The normalized spacial score (nSPS) is 11.2. The van der Waals surface area contributed by atoms with Gasteiger partial charge in [-0.15, -0.1) is 0 Å². The number of carbonyl (C=O) groups excluding carboxylic acids is 1. The minimum absolute atomic E-state index is 0.115. The van der Waals surface area contributed by atoms with Crippen LogP contribution < -0.4 is 9.47 Å². The summed E-state index contributed by atoms with van der Waals surface area (Å²) < 4.78 is 11.0. The molecule has 128 valence electrons. The molecule has 0 fully saturated rings. The summed E-state index contributed by atoms with van der Waals surface area (Å²) in [5.41, 5.74) is 2.91. The molecule has 0 N–H and O–H groups in total. The van der Waals surface area contributed by atoms with Crippen LogP contribution in [-0.2, 0) is 10.2 Å².